The van der Waals surface area contributed by atoms with Gasteiger partial charge in [-0.05, 0) is 6.92 Å². The summed E-state index contributed by atoms with van der Waals surface area (Å²) in [5.74, 6) is -0.576. The Morgan fingerprint density at radius 3 is 2.47 bits per heavy atom. The van der Waals surface area contributed by atoms with E-state index in [0.717, 1.165) is 0 Å². The third kappa shape index (κ3) is 6.35. The van der Waals surface area contributed by atoms with Crippen LogP contribution < -0.4 is 5.32 Å². The van der Waals surface area contributed by atoms with Crippen molar-refractivity contribution in [3.63, 3.8) is 0 Å². The first-order chi connectivity index (χ1) is 7.01. The SMILES string of the molecule is COCC(C)OC(=O)[C@H](CS)NC(C)=O. The van der Waals surface area contributed by atoms with Crippen LogP contribution in [-0.4, -0.2) is 43.5 Å². The minimum atomic E-state index is -0.704. The fourth-order valence-corrected chi connectivity index (χ4v) is 1.21. The maximum absolute atomic E-state index is 11.5. The first-order valence-electron chi connectivity index (χ1n) is 4.58. The predicted molar refractivity (Wildman–Crippen MR) is 58.9 cm³/mol. The minimum Gasteiger partial charge on any atom is -0.459 e. The van der Waals surface area contributed by atoms with Crippen molar-refractivity contribution in [2.45, 2.75) is 26.0 Å². The lowest BCUT2D eigenvalue weighted by molar-refractivity contribution is -0.153. The highest BCUT2D eigenvalue weighted by molar-refractivity contribution is 7.80. The summed E-state index contributed by atoms with van der Waals surface area (Å²) < 4.78 is 9.83. The third-order valence-electron chi connectivity index (χ3n) is 1.56. The van der Waals surface area contributed by atoms with E-state index in [2.05, 4.69) is 17.9 Å². The molecule has 1 N–H and O–H groups in total. The van der Waals surface area contributed by atoms with E-state index >= 15 is 0 Å². The second kappa shape index (κ2) is 7.53. The van der Waals surface area contributed by atoms with Gasteiger partial charge in [-0.15, -0.1) is 0 Å². The monoisotopic (exact) mass is 235 g/mol. The molecule has 0 fully saturated rings. The van der Waals surface area contributed by atoms with Gasteiger partial charge < -0.3 is 14.8 Å². The van der Waals surface area contributed by atoms with Crippen LogP contribution in [0.1, 0.15) is 13.8 Å². The van der Waals surface area contributed by atoms with Gasteiger partial charge in [-0.2, -0.15) is 12.6 Å². The largest absolute Gasteiger partial charge is 0.459 e. The molecule has 0 radical (unpaired) electrons. The van der Waals surface area contributed by atoms with Gasteiger partial charge in [-0.3, -0.25) is 4.79 Å². The Morgan fingerprint density at radius 2 is 2.07 bits per heavy atom. The summed E-state index contributed by atoms with van der Waals surface area (Å²) in [6, 6.07) is -0.704. The molecule has 0 aromatic heterocycles. The van der Waals surface area contributed by atoms with Crippen LogP contribution in [0.15, 0.2) is 0 Å². The molecule has 0 aromatic rings. The Labute approximate surface area is 94.9 Å². The number of hydrogen-bond acceptors (Lipinski definition) is 5. The molecule has 0 aliphatic carbocycles. The highest BCUT2D eigenvalue weighted by atomic mass is 32.1. The number of hydrogen-bond donors (Lipinski definition) is 2. The zero-order valence-electron chi connectivity index (χ0n) is 9.15. The van der Waals surface area contributed by atoms with Gasteiger partial charge in [0.1, 0.15) is 12.1 Å². The van der Waals surface area contributed by atoms with Crippen LogP contribution in [-0.2, 0) is 19.1 Å². The minimum absolute atomic E-state index is 0.206. The van der Waals surface area contributed by atoms with Crippen LogP contribution in [0.4, 0.5) is 0 Å². The number of thiol groups is 1. The van der Waals surface area contributed by atoms with Gasteiger partial charge in [0.2, 0.25) is 5.91 Å². The third-order valence-corrected chi connectivity index (χ3v) is 1.93. The molecule has 1 amide bonds. The molecular formula is C9H17NO4S. The van der Waals surface area contributed by atoms with E-state index in [9.17, 15) is 9.59 Å². The summed E-state index contributed by atoms with van der Waals surface area (Å²) in [5, 5.41) is 2.45. The zero-order chi connectivity index (χ0) is 11.8. The van der Waals surface area contributed by atoms with Crippen molar-refractivity contribution in [2.24, 2.45) is 0 Å². The summed E-state index contributed by atoms with van der Waals surface area (Å²) in [7, 11) is 1.52. The molecule has 0 saturated heterocycles. The second-order valence-corrected chi connectivity index (χ2v) is 3.50. The molecule has 2 atom stereocenters. The van der Waals surface area contributed by atoms with Crippen molar-refractivity contribution in [3.05, 3.63) is 0 Å². The summed E-state index contributed by atoms with van der Waals surface area (Å²) in [5.41, 5.74) is 0. The average Bonchev–Trinajstić information content (AvgIpc) is 2.13. The molecule has 0 aromatic carbocycles. The maximum Gasteiger partial charge on any atom is 0.329 e. The van der Waals surface area contributed by atoms with E-state index in [0.29, 0.717) is 6.61 Å². The molecule has 5 nitrogen and oxygen atoms in total. The number of methoxy groups -OCH3 is 1. The van der Waals surface area contributed by atoms with E-state index in [-0.39, 0.29) is 17.8 Å². The van der Waals surface area contributed by atoms with Gasteiger partial charge in [0.15, 0.2) is 0 Å². The first-order valence-corrected chi connectivity index (χ1v) is 5.21. The standard InChI is InChI=1S/C9H17NO4S/c1-6(4-13-3)14-9(12)8(5-15)10-7(2)11/h6,8,15H,4-5H2,1-3H3,(H,10,11)/t6?,8-/m0/s1. The number of rotatable bonds is 6. The molecule has 0 aliphatic heterocycles. The van der Waals surface area contributed by atoms with Crippen LogP contribution in [0.3, 0.4) is 0 Å². The molecule has 1 unspecified atom stereocenters. The van der Waals surface area contributed by atoms with Crippen LogP contribution in [0, 0.1) is 0 Å². The van der Waals surface area contributed by atoms with E-state index in [1.807, 2.05) is 0 Å². The van der Waals surface area contributed by atoms with Crippen molar-refractivity contribution in [2.75, 3.05) is 19.5 Å². The fraction of sp³-hybridized carbons (Fsp3) is 0.778. The smallest absolute Gasteiger partial charge is 0.329 e. The maximum atomic E-state index is 11.5. The highest BCUT2D eigenvalue weighted by Crippen LogP contribution is 1.98. The van der Waals surface area contributed by atoms with E-state index < -0.39 is 12.0 Å². The first kappa shape index (κ1) is 14.2. The van der Waals surface area contributed by atoms with Crippen molar-refractivity contribution in [1.82, 2.24) is 5.32 Å². The lowest BCUT2D eigenvalue weighted by Gasteiger charge is -2.18. The Balaban J connectivity index is 4.09. The summed E-state index contributed by atoms with van der Waals surface area (Å²) >= 11 is 3.96. The van der Waals surface area contributed by atoms with Crippen molar-refractivity contribution < 1.29 is 19.1 Å². The van der Waals surface area contributed by atoms with Crippen molar-refractivity contribution in [3.8, 4) is 0 Å². The Bertz CT molecular complexity index is 222. The molecule has 0 spiro atoms. The normalized spacial score (nSPS) is 14.1. The molecule has 15 heavy (non-hydrogen) atoms. The summed E-state index contributed by atoms with van der Waals surface area (Å²) in [6.45, 7) is 3.37. The number of esters is 1. The molecule has 0 rings (SSSR count). The number of ether oxygens (including phenoxy) is 2. The molecule has 0 bridgehead atoms. The van der Waals surface area contributed by atoms with E-state index in [1.165, 1.54) is 14.0 Å². The molecule has 0 heterocycles. The molecular weight excluding hydrogens is 218 g/mol. The lowest BCUT2D eigenvalue weighted by Crippen LogP contribution is -2.43. The van der Waals surface area contributed by atoms with Gasteiger partial charge in [0.05, 0.1) is 6.61 Å². The van der Waals surface area contributed by atoms with Crippen LogP contribution in [0.5, 0.6) is 0 Å². The molecule has 0 aliphatic rings. The number of carbonyl (C=O) groups is 2. The summed E-state index contributed by atoms with van der Waals surface area (Å²) in [6.07, 6.45) is -0.335. The Hall–Kier alpha value is -0.750. The van der Waals surface area contributed by atoms with Gasteiger partial charge in [0, 0.05) is 19.8 Å². The van der Waals surface area contributed by atoms with Gasteiger partial charge in [0.25, 0.3) is 0 Å². The van der Waals surface area contributed by atoms with E-state index in [1.54, 1.807) is 6.92 Å². The molecule has 6 heteroatoms. The Kier molecular flexibility index (Phi) is 7.15. The Morgan fingerprint density at radius 1 is 1.47 bits per heavy atom. The lowest BCUT2D eigenvalue weighted by atomic mass is 10.3. The van der Waals surface area contributed by atoms with Gasteiger partial charge in [-0.25, -0.2) is 4.79 Å². The predicted octanol–water partition coefficient (Wildman–Crippen LogP) is -0.00100. The van der Waals surface area contributed by atoms with Crippen molar-refractivity contribution in [1.29, 1.82) is 0 Å². The zero-order valence-corrected chi connectivity index (χ0v) is 10.0. The quantitative estimate of drug-likeness (QED) is 0.502. The fourth-order valence-electron chi connectivity index (χ4n) is 0.974. The number of carbonyl (C=O) groups excluding carboxylic acids is 2. The van der Waals surface area contributed by atoms with Crippen LogP contribution in [0.25, 0.3) is 0 Å². The second-order valence-electron chi connectivity index (χ2n) is 3.14. The van der Waals surface area contributed by atoms with Gasteiger partial charge in [-0.1, -0.05) is 0 Å². The summed E-state index contributed by atoms with van der Waals surface area (Å²) in [4.78, 5) is 22.2. The average molecular weight is 235 g/mol. The van der Waals surface area contributed by atoms with Gasteiger partial charge >= 0.3 is 5.97 Å². The number of nitrogens with one attached hydrogen (secondary N) is 1. The van der Waals surface area contributed by atoms with Crippen LogP contribution >= 0.6 is 12.6 Å². The van der Waals surface area contributed by atoms with Crippen LogP contribution in [0.2, 0.25) is 0 Å². The highest BCUT2D eigenvalue weighted by Gasteiger charge is 2.21. The molecule has 88 valence electrons. The van der Waals surface area contributed by atoms with E-state index in [4.69, 9.17) is 9.47 Å². The van der Waals surface area contributed by atoms with Crippen molar-refractivity contribution >= 4 is 24.5 Å². The number of amides is 1. The molecule has 0 saturated carbocycles. The topological polar surface area (TPSA) is 64.6 Å².